The predicted octanol–water partition coefficient (Wildman–Crippen LogP) is 3.61. The van der Waals surface area contributed by atoms with Crippen LogP contribution in [0.4, 0.5) is 0 Å². The first-order valence-electron chi connectivity index (χ1n) is 6.08. The zero-order valence-corrected chi connectivity index (χ0v) is 11.3. The minimum absolute atomic E-state index is 0.177. The summed E-state index contributed by atoms with van der Waals surface area (Å²) in [6, 6.07) is 8.91. The highest BCUT2D eigenvalue weighted by atomic mass is 14.5. The molecule has 0 aliphatic heterocycles. The Hall–Kier alpha value is -0.820. The molecule has 0 radical (unpaired) electrons. The van der Waals surface area contributed by atoms with E-state index in [0.717, 1.165) is 13.0 Å². The van der Waals surface area contributed by atoms with Crippen molar-refractivity contribution in [3.63, 3.8) is 0 Å². The molecular formula is C15H25N. The average Bonchev–Trinajstić information content (AvgIpc) is 2.16. The quantitative estimate of drug-likeness (QED) is 0.825. The van der Waals surface area contributed by atoms with Crippen molar-refractivity contribution >= 4 is 0 Å². The van der Waals surface area contributed by atoms with Crippen LogP contribution in [-0.4, -0.2) is 6.54 Å². The van der Waals surface area contributed by atoms with E-state index in [2.05, 4.69) is 58.9 Å². The summed E-state index contributed by atoms with van der Waals surface area (Å²) in [7, 11) is 0. The van der Waals surface area contributed by atoms with Crippen LogP contribution in [0.15, 0.2) is 24.3 Å². The van der Waals surface area contributed by atoms with Gasteiger partial charge in [-0.15, -0.1) is 0 Å². The van der Waals surface area contributed by atoms with Crippen LogP contribution < -0.4 is 5.73 Å². The molecule has 0 aliphatic rings. The van der Waals surface area contributed by atoms with Crippen molar-refractivity contribution in [1.29, 1.82) is 0 Å². The Balaban J connectivity index is 3.08. The van der Waals surface area contributed by atoms with Crippen LogP contribution in [0.3, 0.4) is 0 Å². The molecule has 0 aromatic heterocycles. The molecule has 0 unspecified atom stereocenters. The van der Waals surface area contributed by atoms with Gasteiger partial charge >= 0.3 is 0 Å². The summed E-state index contributed by atoms with van der Waals surface area (Å²) in [5.74, 6) is 0. The van der Waals surface area contributed by atoms with Gasteiger partial charge in [0.2, 0.25) is 0 Å². The Kier molecular flexibility index (Phi) is 3.80. The summed E-state index contributed by atoms with van der Waals surface area (Å²) < 4.78 is 0. The zero-order valence-electron chi connectivity index (χ0n) is 11.3. The van der Waals surface area contributed by atoms with Crippen LogP contribution in [0.25, 0.3) is 0 Å². The lowest BCUT2D eigenvalue weighted by Gasteiger charge is -2.27. The molecule has 0 heterocycles. The molecular weight excluding hydrogens is 194 g/mol. The van der Waals surface area contributed by atoms with Gasteiger partial charge in [-0.1, -0.05) is 58.9 Å². The van der Waals surface area contributed by atoms with E-state index >= 15 is 0 Å². The topological polar surface area (TPSA) is 26.0 Å². The number of benzene rings is 1. The maximum atomic E-state index is 5.68. The molecule has 0 aliphatic carbocycles. The third-order valence-corrected chi connectivity index (χ3v) is 3.28. The average molecular weight is 219 g/mol. The van der Waals surface area contributed by atoms with Gasteiger partial charge in [0.15, 0.2) is 0 Å². The number of nitrogens with two attached hydrogens (primary N) is 1. The van der Waals surface area contributed by atoms with Gasteiger partial charge in [0, 0.05) is 0 Å². The van der Waals surface area contributed by atoms with E-state index in [1.807, 2.05) is 0 Å². The molecule has 0 bridgehead atoms. The van der Waals surface area contributed by atoms with E-state index < -0.39 is 0 Å². The molecule has 1 aromatic rings. The molecule has 1 aromatic carbocycles. The van der Waals surface area contributed by atoms with Gasteiger partial charge in [-0.25, -0.2) is 0 Å². The molecule has 2 N–H and O–H groups in total. The van der Waals surface area contributed by atoms with Gasteiger partial charge in [0.25, 0.3) is 0 Å². The molecule has 1 heteroatoms. The molecule has 0 spiro atoms. The highest BCUT2D eigenvalue weighted by Crippen LogP contribution is 2.30. The molecule has 1 nitrogen and oxygen atoms in total. The first kappa shape index (κ1) is 13.2. The fraction of sp³-hybridized carbons (Fsp3) is 0.600. The van der Waals surface area contributed by atoms with Crippen molar-refractivity contribution in [2.75, 3.05) is 6.54 Å². The molecule has 0 saturated carbocycles. The van der Waals surface area contributed by atoms with Crippen LogP contribution in [-0.2, 0) is 10.8 Å². The summed E-state index contributed by atoms with van der Waals surface area (Å²) in [6.07, 6.45) is 1.03. The fourth-order valence-corrected chi connectivity index (χ4v) is 1.91. The van der Waals surface area contributed by atoms with Crippen molar-refractivity contribution in [3.05, 3.63) is 35.4 Å². The van der Waals surface area contributed by atoms with Crippen molar-refractivity contribution < 1.29 is 0 Å². The second-order valence-electron chi connectivity index (χ2n) is 6.25. The standard InChI is InChI=1S/C15H25N/c1-14(2,3)12-7-6-8-13(11-12)15(4,5)9-10-16/h6-8,11H,9-10,16H2,1-5H3. The van der Waals surface area contributed by atoms with E-state index in [1.165, 1.54) is 11.1 Å². The monoisotopic (exact) mass is 219 g/mol. The minimum atomic E-state index is 0.177. The lowest BCUT2D eigenvalue weighted by Crippen LogP contribution is -2.22. The van der Waals surface area contributed by atoms with E-state index in [9.17, 15) is 0 Å². The summed E-state index contributed by atoms with van der Waals surface area (Å²) in [6.45, 7) is 12.0. The second-order valence-corrected chi connectivity index (χ2v) is 6.25. The third-order valence-electron chi connectivity index (χ3n) is 3.28. The van der Waals surface area contributed by atoms with Gasteiger partial charge in [0.05, 0.1) is 0 Å². The van der Waals surface area contributed by atoms with Crippen LogP contribution in [0.5, 0.6) is 0 Å². The summed E-state index contributed by atoms with van der Waals surface area (Å²) >= 11 is 0. The van der Waals surface area contributed by atoms with Crippen molar-refractivity contribution in [2.45, 2.75) is 51.9 Å². The highest BCUT2D eigenvalue weighted by molar-refractivity contribution is 5.32. The minimum Gasteiger partial charge on any atom is -0.330 e. The third kappa shape index (κ3) is 3.08. The molecule has 0 saturated heterocycles. The Morgan fingerprint density at radius 1 is 1.00 bits per heavy atom. The summed E-state index contributed by atoms with van der Waals surface area (Å²) in [5.41, 5.74) is 8.86. The van der Waals surface area contributed by atoms with E-state index in [1.54, 1.807) is 0 Å². The molecule has 90 valence electrons. The van der Waals surface area contributed by atoms with Crippen molar-refractivity contribution in [1.82, 2.24) is 0 Å². The number of rotatable bonds is 3. The SMILES string of the molecule is CC(C)(C)c1cccc(C(C)(C)CCN)c1. The highest BCUT2D eigenvalue weighted by Gasteiger charge is 2.21. The summed E-state index contributed by atoms with van der Waals surface area (Å²) in [4.78, 5) is 0. The van der Waals surface area contributed by atoms with Crippen LogP contribution >= 0.6 is 0 Å². The first-order chi connectivity index (χ1) is 7.27. The maximum absolute atomic E-state index is 5.68. The zero-order chi connectivity index (χ0) is 12.4. The smallest absolute Gasteiger partial charge is 0.00690 e. The van der Waals surface area contributed by atoms with Crippen LogP contribution in [0, 0.1) is 0 Å². The first-order valence-corrected chi connectivity index (χ1v) is 6.08. The second kappa shape index (κ2) is 4.58. The molecule has 0 atom stereocenters. The Morgan fingerprint density at radius 2 is 1.56 bits per heavy atom. The van der Waals surface area contributed by atoms with Crippen LogP contribution in [0.2, 0.25) is 0 Å². The van der Waals surface area contributed by atoms with Crippen molar-refractivity contribution in [2.24, 2.45) is 5.73 Å². The van der Waals surface area contributed by atoms with Gasteiger partial charge < -0.3 is 5.73 Å². The normalized spacial score (nSPS) is 12.9. The summed E-state index contributed by atoms with van der Waals surface area (Å²) in [5, 5.41) is 0. The molecule has 1 rings (SSSR count). The lowest BCUT2D eigenvalue weighted by atomic mass is 9.78. The fourth-order valence-electron chi connectivity index (χ4n) is 1.91. The largest absolute Gasteiger partial charge is 0.330 e. The molecule has 16 heavy (non-hydrogen) atoms. The lowest BCUT2D eigenvalue weighted by molar-refractivity contribution is 0.485. The number of hydrogen-bond donors (Lipinski definition) is 1. The molecule has 0 fully saturated rings. The molecule has 0 amide bonds. The van der Waals surface area contributed by atoms with E-state index in [0.29, 0.717) is 0 Å². The Bertz CT molecular complexity index is 345. The number of hydrogen-bond acceptors (Lipinski definition) is 1. The Morgan fingerprint density at radius 3 is 2.06 bits per heavy atom. The maximum Gasteiger partial charge on any atom is -0.00690 e. The Labute approximate surface area is 100 Å². The van der Waals surface area contributed by atoms with Gasteiger partial charge in [-0.3, -0.25) is 0 Å². The predicted molar refractivity (Wildman–Crippen MR) is 71.8 cm³/mol. The van der Waals surface area contributed by atoms with E-state index in [-0.39, 0.29) is 10.8 Å². The van der Waals surface area contributed by atoms with Crippen LogP contribution in [0.1, 0.15) is 52.2 Å². The van der Waals surface area contributed by atoms with Gasteiger partial charge in [-0.2, -0.15) is 0 Å². The van der Waals surface area contributed by atoms with Gasteiger partial charge in [0.1, 0.15) is 0 Å². The van der Waals surface area contributed by atoms with Crippen molar-refractivity contribution in [3.8, 4) is 0 Å². The van der Waals surface area contributed by atoms with Gasteiger partial charge in [-0.05, 0) is 34.9 Å². The van der Waals surface area contributed by atoms with E-state index in [4.69, 9.17) is 5.73 Å².